The van der Waals surface area contributed by atoms with Gasteiger partial charge >= 0.3 is 5.97 Å². The Hall–Kier alpha value is -1.23. The number of anilines is 1. The fourth-order valence-corrected chi connectivity index (χ4v) is 1.94. The Labute approximate surface area is 122 Å². The van der Waals surface area contributed by atoms with Gasteiger partial charge in [0.2, 0.25) is 0 Å². The molecule has 5 heteroatoms. The molecule has 0 aliphatic rings. The highest BCUT2D eigenvalue weighted by Gasteiger charge is 2.21. The first-order chi connectivity index (χ1) is 8.71. The number of nitrogens with one attached hydrogen (secondary N) is 1. The lowest BCUT2D eigenvalue weighted by atomic mass is 10.2. The minimum Gasteiger partial charge on any atom is -0.497 e. The molecule has 1 aromatic rings. The fraction of sp³-hybridized carbons (Fsp3) is 0.500. The van der Waals surface area contributed by atoms with Gasteiger partial charge in [-0.15, -0.1) is 0 Å². The monoisotopic (exact) mass is 329 g/mol. The number of ether oxygens (including phenoxy) is 2. The first-order valence-electron chi connectivity index (χ1n) is 6.05. The molecule has 1 atom stereocenters. The molecule has 1 N–H and O–H groups in total. The summed E-state index contributed by atoms with van der Waals surface area (Å²) in [5, 5.41) is 3.10. The van der Waals surface area contributed by atoms with Gasteiger partial charge in [0.15, 0.2) is 0 Å². The Balaban J connectivity index is 2.74. The predicted octanol–water partition coefficient (Wildman–Crippen LogP) is 3.60. The van der Waals surface area contributed by atoms with Crippen LogP contribution < -0.4 is 10.1 Å². The van der Waals surface area contributed by atoms with Gasteiger partial charge in [-0.25, -0.2) is 4.79 Å². The summed E-state index contributed by atoms with van der Waals surface area (Å²) in [4.78, 5) is 11.9. The SMILES string of the molecule is COc1cc(Br)cc(NC(C)C(=O)OC(C)(C)C)c1. The summed E-state index contributed by atoms with van der Waals surface area (Å²) in [6.45, 7) is 7.31. The standard InChI is InChI=1S/C14H20BrNO3/c1-9(13(17)19-14(2,3)4)16-11-6-10(15)7-12(8-11)18-5/h6-9,16H,1-5H3. The molecule has 0 aliphatic carbocycles. The normalized spacial score (nSPS) is 12.7. The van der Waals surface area contributed by atoms with Gasteiger partial charge in [-0.1, -0.05) is 15.9 Å². The number of benzene rings is 1. The third kappa shape index (κ3) is 5.51. The minimum atomic E-state index is -0.484. The maximum absolute atomic E-state index is 11.9. The van der Waals surface area contributed by atoms with Gasteiger partial charge in [0.1, 0.15) is 17.4 Å². The maximum atomic E-state index is 11.9. The van der Waals surface area contributed by atoms with Crippen molar-refractivity contribution in [2.75, 3.05) is 12.4 Å². The molecule has 0 aliphatic heterocycles. The second kappa shape index (κ2) is 6.28. The first-order valence-corrected chi connectivity index (χ1v) is 6.84. The van der Waals surface area contributed by atoms with Crippen LogP contribution in [0.2, 0.25) is 0 Å². The zero-order valence-electron chi connectivity index (χ0n) is 11.9. The molecule has 106 valence electrons. The van der Waals surface area contributed by atoms with Crippen LogP contribution in [-0.4, -0.2) is 24.7 Å². The van der Waals surface area contributed by atoms with E-state index in [0.717, 1.165) is 10.2 Å². The second-order valence-corrected chi connectivity index (χ2v) is 6.19. The molecule has 0 spiro atoms. The molecular formula is C14H20BrNO3. The van der Waals surface area contributed by atoms with Gasteiger partial charge in [-0.2, -0.15) is 0 Å². The number of hydrogen-bond donors (Lipinski definition) is 1. The van der Waals surface area contributed by atoms with E-state index in [1.165, 1.54) is 0 Å². The molecule has 0 radical (unpaired) electrons. The molecule has 0 saturated carbocycles. The van der Waals surface area contributed by atoms with Crippen molar-refractivity contribution in [3.63, 3.8) is 0 Å². The molecule has 1 unspecified atom stereocenters. The van der Waals surface area contributed by atoms with E-state index in [4.69, 9.17) is 9.47 Å². The number of rotatable bonds is 4. The molecule has 0 heterocycles. The van der Waals surface area contributed by atoms with E-state index < -0.39 is 11.6 Å². The lowest BCUT2D eigenvalue weighted by Gasteiger charge is -2.23. The van der Waals surface area contributed by atoms with Crippen molar-refractivity contribution in [1.29, 1.82) is 0 Å². The molecule has 0 amide bonds. The van der Waals surface area contributed by atoms with Gasteiger partial charge in [-0.3, -0.25) is 0 Å². The van der Waals surface area contributed by atoms with Crippen molar-refractivity contribution in [1.82, 2.24) is 0 Å². The van der Waals surface area contributed by atoms with E-state index in [-0.39, 0.29) is 5.97 Å². The van der Waals surface area contributed by atoms with Crippen molar-refractivity contribution in [2.45, 2.75) is 39.3 Å². The Morgan fingerprint density at radius 1 is 1.32 bits per heavy atom. The summed E-state index contributed by atoms with van der Waals surface area (Å²) in [6.07, 6.45) is 0. The Kier molecular flexibility index (Phi) is 5.23. The van der Waals surface area contributed by atoms with Crippen LogP contribution in [0.1, 0.15) is 27.7 Å². The molecule has 0 saturated heterocycles. The number of carbonyl (C=O) groups excluding carboxylic acids is 1. The highest BCUT2D eigenvalue weighted by Crippen LogP contribution is 2.25. The van der Waals surface area contributed by atoms with Crippen LogP contribution in [-0.2, 0) is 9.53 Å². The predicted molar refractivity (Wildman–Crippen MR) is 79.6 cm³/mol. The number of halogens is 1. The number of esters is 1. The van der Waals surface area contributed by atoms with Gasteiger partial charge in [0.05, 0.1) is 7.11 Å². The van der Waals surface area contributed by atoms with Gasteiger partial charge < -0.3 is 14.8 Å². The molecule has 0 bridgehead atoms. The van der Waals surface area contributed by atoms with Crippen molar-refractivity contribution in [3.8, 4) is 5.75 Å². The average molecular weight is 330 g/mol. The third-order valence-electron chi connectivity index (χ3n) is 2.25. The Morgan fingerprint density at radius 3 is 2.47 bits per heavy atom. The van der Waals surface area contributed by atoms with Crippen LogP contribution in [0.4, 0.5) is 5.69 Å². The molecular weight excluding hydrogens is 310 g/mol. The maximum Gasteiger partial charge on any atom is 0.328 e. The smallest absolute Gasteiger partial charge is 0.328 e. The summed E-state index contributed by atoms with van der Waals surface area (Å²) < 4.78 is 11.4. The quantitative estimate of drug-likeness (QED) is 0.857. The summed E-state index contributed by atoms with van der Waals surface area (Å²) in [5.41, 5.74) is 0.312. The van der Waals surface area contributed by atoms with Crippen LogP contribution >= 0.6 is 15.9 Å². The van der Waals surface area contributed by atoms with Crippen LogP contribution in [0.3, 0.4) is 0 Å². The summed E-state index contributed by atoms with van der Waals surface area (Å²) in [7, 11) is 1.60. The lowest BCUT2D eigenvalue weighted by Crippen LogP contribution is -2.34. The summed E-state index contributed by atoms with van der Waals surface area (Å²) >= 11 is 3.39. The van der Waals surface area contributed by atoms with Gasteiger partial charge in [-0.05, 0) is 39.8 Å². The number of methoxy groups -OCH3 is 1. The van der Waals surface area contributed by atoms with Crippen LogP contribution in [0.15, 0.2) is 22.7 Å². The summed E-state index contributed by atoms with van der Waals surface area (Å²) in [5.74, 6) is 0.430. The third-order valence-corrected chi connectivity index (χ3v) is 2.71. The highest BCUT2D eigenvalue weighted by atomic mass is 79.9. The first kappa shape index (κ1) is 15.8. The molecule has 0 fully saturated rings. The van der Waals surface area contributed by atoms with E-state index in [1.807, 2.05) is 39.0 Å². The zero-order chi connectivity index (χ0) is 14.6. The fourth-order valence-electron chi connectivity index (χ4n) is 1.46. The Bertz CT molecular complexity index is 454. The number of carbonyl (C=O) groups is 1. The van der Waals surface area contributed by atoms with Crippen LogP contribution in [0.5, 0.6) is 5.75 Å². The van der Waals surface area contributed by atoms with E-state index in [9.17, 15) is 4.79 Å². The van der Waals surface area contributed by atoms with Crippen LogP contribution in [0, 0.1) is 0 Å². The summed E-state index contributed by atoms with van der Waals surface area (Å²) in [6, 6.07) is 5.12. The van der Waals surface area contributed by atoms with Gasteiger partial charge in [0, 0.05) is 16.2 Å². The van der Waals surface area contributed by atoms with E-state index in [2.05, 4.69) is 21.2 Å². The molecule has 1 rings (SSSR count). The lowest BCUT2D eigenvalue weighted by molar-refractivity contribution is -0.155. The topological polar surface area (TPSA) is 47.6 Å². The zero-order valence-corrected chi connectivity index (χ0v) is 13.5. The Morgan fingerprint density at radius 2 is 1.95 bits per heavy atom. The van der Waals surface area contributed by atoms with Crippen molar-refractivity contribution in [2.24, 2.45) is 0 Å². The van der Waals surface area contributed by atoms with E-state index >= 15 is 0 Å². The van der Waals surface area contributed by atoms with E-state index in [0.29, 0.717) is 5.75 Å². The van der Waals surface area contributed by atoms with Crippen molar-refractivity contribution < 1.29 is 14.3 Å². The number of hydrogen-bond acceptors (Lipinski definition) is 4. The molecule has 19 heavy (non-hydrogen) atoms. The van der Waals surface area contributed by atoms with E-state index in [1.54, 1.807) is 14.0 Å². The van der Waals surface area contributed by atoms with Crippen molar-refractivity contribution in [3.05, 3.63) is 22.7 Å². The largest absolute Gasteiger partial charge is 0.497 e. The molecule has 4 nitrogen and oxygen atoms in total. The van der Waals surface area contributed by atoms with Crippen LogP contribution in [0.25, 0.3) is 0 Å². The average Bonchev–Trinajstić information content (AvgIpc) is 2.25. The second-order valence-electron chi connectivity index (χ2n) is 5.28. The highest BCUT2D eigenvalue weighted by molar-refractivity contribution is 9.10. The van der Waals surface area contributed by atoms with Crippen molar-refractivity contribution >= 4 is 27.6 Å². The molecule has 1 aromatic carbocycles. The van der Waals surface area contributed by atoms with Gasteiger partial charge in [0.25, 0.3) is 0 Å². The molecule has 0 aromatic heterocycles. The minimum absolute atomic E-state index is 0.286.